The minimum Gasteiger partial charge on any atom is -0.491 e. The number of methoxy groups -OCH3 is 1. The van der Waals surface area contributed by atoms with Crippen LogP contribution in [0, 0.1) is 19.3 Å². The Morgan fingerprint density at radius 2 is 1.92 bits per heavy atom. The van der Waals surface area contributed by atoms with E-state index in [1.807, 2.05) is 71.0 Å². The van der Waals surface area contributed by atoms with E-state index in [4.69, 9.17) is 19.9 Å². The first-order valence-electron chi connectivity index (χ1n) is 12.7. The highest BCUT2D eigenvalue weighted by atomic mass is 16.5. The number of nitrogens with zero attached hydrogens (tertiary/aromatic N) is 2. The van der Waals surface area contributed by atoms with Crippen LogP contribution in [0.5, 0.6) is 11.6 Å². The fourth-order valence-corrected chi connectivity index (χ4v) is 4.13. The molecule has 0 aliphatic rings. The highest BCUT2D eigenvalue weighted by molar-refractivity contribution is 5.93. The zero-order valence-electron chi connectivity index (χ0n) is 22.7. The molecule has 0 spiro atoms. The number of aliphatic hydroxyl groups excluding tert-OH is 1. The minimum atomic E-state index is -0.493. The highest BCUT2D eigenvalue weighted by Crippen LogP contribution is 2.31. The van der Waals surface area contributed by atoms with Crippen LogP contribution in [0.4, 0.5) is 11.5 Å². The number of hydrogen-bond acceptors (Lipinski definition) is 8. The van der Waals surface area contributed by atoms with Gasteiger partial charge < -0.3 is 30.6 Å². The van der Waals surface area contributed by atoms with Gasteiger partial charge in [0, 0.05) is 41.3 Å². The average molecular weight is 506 g/mol. The number of hydrogen-bond donors (Lipinski definition) is 4. The van der Waals surface area contributed by atoms with Gasteiger partial charge in [-0.05, 0) is 63.9 Å². The molecule has 0 saturated carbocycles. The molecule has 3 aromatic rings. The normalized spacial score (nSPS) is 11.8. The molecule has 0 saturated heterocycles. The topological polar surface area (TPSA) is 112 Å². The van der Waals surface area contributed by atoms with Gasteiger partial charge >= 0.3 is 0 Å². The molecule has 0 fully saturated rings. The van der Waals surface area contributed by atoms with Gasteiger partial charge in [-0.15, -0.1) is 0 Å². The van der Waals surface area contributed by atoms with E-state index in [9.17, 15) is 5.11 Å². The third-order valence-corrected chi connectivity index (χ3v) is 5.91. The van der Waals surface area contributed by atoms with Crippen molar-refractivity contribution >= 4 is 17.7 Å². The van der Waals surface area contributed by atoms with Crippen molar-refractivity contribution in [2.75, 3.05) is 24.4 Å². The molecular formula is C29H39N5O3. The van der Waals surface area contributed by atoms with Crippen LogP contribution in [-0.2, 0) is 6.54 Å². The third-order valence-electron chi connectivity index (χ3n) is 5.91. The van der Waals surface area contributed by atoms with Crippen LogP contribution in [-0.4, -0.2) is 47.2 Å². The Hall–Kier alpha value is -3.65. The zero-order valence-corrected chi connectivity index (χ0v) is 22.7. The summed E-state index contributed by atoms with van der Waals surface area (Å²) >= 11 is 0. The first-order valence-corrected chi connectivity index (χ1v) is 12.7. The fraction of sp³-hybridized carbons (Fsp3) is 0.414. The SMILES string of the molecule is CCCC(O)COc1cccc(-c2cc(NCc3c(C)cc(C)nc3OC)c(C=N)c(NC(C)C)n2)c1. The maximum absolute atomic E-state index is 10.0. The summed E-state index contributed by atoms with van der Waals surface area (Å²) < 4.78 is 11.4. The van der Waals surface area contributed by atoms with Crippen LogP contribution in [0.15, 0.2) is 36.4 Å². The smallest absolute Gasteiger partial charge is 0.218 e. The van der Waals surface area contributed by atoms with Crippen LogP contribution in [0.1, 0.15) is 56.0 Å². The summed E-state index contributed by atoms with van der Waals surface area (Å²) in [5.41, 5.74) is 6.00. The quantitative estimate of drug-likeness (QED) is 0.219. The Balaban J connectivity index is 1.98. The summed E-state index contributed by atoms with van der Waals surface area (Å²) in [6.07, 6.45) is 2.43. The lowest BCUT2D eigenvalue weighted by Crippen LogP contribution is -2.17. The number of rotatable bonds is 13. The summed E-state index contributed by atoms with van der Waals surface area (Å²) in [4.78, 5) is 9.37. The van der Waals surface area contributed by atoms with Crippen molar-refractivity contribution in [2.45, 2.75) is 66.2 Å². The largest absolute Gasteiger partial charge is 0.491 e. The van der Waals surface area contributed by atoms with E-state index in [1.54, 1.807) is 7.11 Å². The van der Waals surface area contributed by atoms with Crippen molar-refractivity contribution in [3.63, 3.8) is 0 Å². The van der Waals surface area contributed by atoms with Crippen LogP contribution < -0.4 is 20.1 Å². The van der Waals surface area contributed by atoms with Gasteiger partial charge in [0.25, 0.3) is 0 Å². The maximum atomic E-state index is 10.0. The van der Waals surface area contributed by atoms with E-state index in [0.29, 0.717) is 36.0 Å². The van der Waals surface area contributed by atoms with E-state index < -0.39 is 6.10 Å². The van der Waals surface area contributed by atoms with Gasteiger partial charge in [0.15, 0.2) is 0 Å². The summed E-state index contributed by atoms with van der Waals surface area (Å²) in [6, 6.07) is 11.8. The van der Waals surface area contributed by atoms with E-state index in [2.05, 4.69) is 15.6 Å². The number of nitrogens with one attached hydrogen (secondary N) is 3. The van der Waals surface area contributed by atoms with Crippen LogP contribution in [0.25, 0.3) is 11.3 Å². The minimum absolute atomic E-state index is 0.132. The van der Waals surface area contributed by atoms with Crippen LogP contribution >= 0.6 is 0 Å². The van der Waals surface area contributed by atoms with Crippen LogP contribution in [0.3, 0.4) is 0 Å². The molecule has 8 nitrogen and oxygen atoms in total. The first-order chi connectivity index (χ1) is 17.7. The predicted molar refractivity (Wildman–Crippen MR) is 150 cm³/mol. The lowest BCUT2D eigenvalue weighted by molar-refractivity contribution is 0.0994. The number of aliphatic hydroxyl groups is 1. The molecule has 8 heteroatoms. The van der Waals surface area contributed by atoms with Crippen molar-refractivity contribution in [1.29, 1.82) is 5.41 Å². The van der Waals surface area contributed by atoms with Gasteiger partial charge in [0.05, 0.1) is 24.5 Å². The van der Waals surface area contributed by atoms with Crippen molar-refractivity contribution in [2.24, 2.45) is 0 Å². The van der Waals surface area contributed by atoms with Gasteiger partial charge in [-0.2, -0.15) is 0 Å². The summed E-state index contributed by atoms with van der Waals surface area (Å²) in [6.45, 7) is 10.8. The monoisotopic (exact) mass is 505 g/mol. The van der Waals surface area contributed by atoms with Gasteiger partial charge in [0.2, 0.25) is 5.88 Å². The zero-order chi connectivity index (χ0) is 26.9. The number of ether oxygens (including phenoxy) is 2. The van der Waals surface area contributed by atoms with Gasteiger partial charge in [-0.3, -0.25) is 0 Å². The van der Waals surface area contributed by atoms with Gasteiger partial charge in [0.1, 0.15) is 18.2 Å². The summed E-state index contributed by atoms with van der Waals surface area (Å²) in [5, 5.41) is 25.0. The molecule has 37 heavy (non-hydrogen) atoms. The Bertz CT molecular complexity index is 1210. The molecule has 4 N–H and O–H groups in total. The van der Waals surface area contributed by atoms with E-state index in [0.717, 1.165) is 40.2 Å². The first kappa shape index (κ1) is 27.9. The predicted octanol–water partition coefficient (Wildman–Crippen LogP) is 5.74. The molecule has 0 radical (unpaired) electrons. The number of anilines is 2. The molecule has 0 aliphatic carbocycles. The summed E-state index contributed by atoms with van der Waals surface area (Å²) in [5.74, 6) is 1.89. The molecule has 2 aromatic heterocycles. The Morgan fingerprint density at radius 3 is 2.59 bits per heavy atom. The number of pyridine rings is 2. The molecule has 1 atom stereocenters. The number of aromatic nitrogens is 2. The van der Waals surface area contributed by atoms with E-state index >= 15 is 0 Å². The Kier molecular flexibility index (Phi) is 9.85. The maximum Gasteiger partial charge on any atom is 0.218 e. The van der Waals surface area contributed by atoms with E-state index in [1.165, 1.54) is 6.21 Å². The average Bonchev–Trinajstić information content (AvgIpc) is 2.86. The number of benzene rings is 1. The van der Waals surface area contributed by atoms with Crippen molar-refractivity contribution in [3.8, 4) is 22.9 Å². The molecule has 0 bridgehead atoms. The summed E-state index contributed by atoms with van der Waals surface area (Å²) in [7, 11) is 1.62. The second-order valence-corrected chi connectivity index (χ2v) is 9.46. The van der Waals surface area contributed by atoms with Crippen molar-refractivity contribution < 1.29 is 14.6 Å². The second kappa shape index (κ2) is 13.1. The molecule has 0 amide bonds. The molecular weight excluding hydrogens is 466 g/mol. The second-order valence-electron chi connectivity index (χ2n) is 9.46. The lowest BCUT2D eigenvalue weighted by Gasteiger charge is -2.19. The Morgan fingerprint density at radius 1 is 1.14 bits per heavy atom. The molecule has 0 aliphatic heterocycles. The molecule has 1 aromatic carbocycles. The van der Waals surface area contributed by atoms with Crippen molar-refractivity contribution in [3.05, 3.63) is 58.8 Å². The molecule has 3 rings (SSSR count). The third kappa shape index (κ3) is 7.43. The highest BCUT2D eigenvalue weighted by Gasteiger charge is 2.16. The van der Waals surface area contributed by atoms with Crippen molar-refractivity contribution in [1.82, 2.24) is 9.97 Å². The lowest BCUT2D eigenvalue weighted by atomic mass is 10.1. The van der Waals surface area contributed by atoms with Gasteiger partial charge in [-0.25, -0.2) is 9.97 Å². The van der Waals surface area contributed by atoms with Gasteiger partial charge in [-0.1, -0.05) is 25.5 Å². The molecule has 198 valence electrons. The Labute approximate surface area is 220 Å². The number of aryl methyl sites for hydroxylation is 2. The van der Waals surface area contributed by atoms with E-state index in [-0.39, 0.29) is 12.6 Å². The molecule has 1 unspecified atom stereocenters. The van der Waals surface area contributed by atoms with Crippen LogP contribution in [0.2, 0.25) is 0 Å². The standard InChI is InChI=1S/C29H39N5O3/c1-7-9-22(35)17-37-23-11-8-10-21(13-23)26-14-27(24(15-30)28(34-26)32-18(2)3)31-16-25-19(4)12-20(5)33-29(25)36-6/h8,10-15,18,22,30,35H,7,9,16-17H2,1-6H3,(H2,31,32,34). The fourth-order valence-electron chi connectivity index (χ4n) is 4.13. The molecule has 2 heterocycles.